The molecule has 1 unspecified atom stereocenters. The predicted octanol–water partition coefficient (Wildman–Crippen LogP) is 3.73. The first-order chi connectivity index (χ1) is 10.8. The maximum Gasteiger partial charge on any atom is 0.355 e. The number of nitriles is 1. The maximum atomic E-state index is 12.5. The minimum absolute atomic E-state index is 0.261. The van der Waals surface area contributed by atoms with Crippen LogP contribution in [0.2, 0.25) is 0 Å². The minimum Gasteiger partial charge on any atom is -0.464 e. The molecule has 0 aliphatic heterocycles. The topological polar surface area (TPSA) is 55.0 Å². The van der Waals surface area contributed by atoms with Crippen molar-refractivity contribution in [3.63, 3.8) is 0 Å². The fraction of sp³-hybridized carbons (Fsp3) is 0.368. The van der Waals surface area contributed by atoms with E-state index in [4.69, 9.17) is 4.74 Å². The normalized spacial score (nSPS) is 21.5. The molecule has 0 bridgehead atoms. The van der Waals surface area contributed by atoms with Crippen LogP contribution in [-0.2, 0) is 15.6 Å². The fourth-order valence-corrected chi connectivity index (χ4v) is 3.87. The lowest BCUT2D eigenvalue weighted by atomic mass is 9.81. The Morgan fingerprint density at radius 1 is 1.26 bits per heavy atom. The Balaban J connectivity index is 2.36. The Hall–Kier alpha value is -2.54. The molecule has 1 heterocycles. The average molecular weight is 308 g/mol. The van der Waals surface area contributed by atoms with Crippen molar-refractivity contribution >= 4 is 5.97 Å². The quantitative estimate of drug-likeness (QED) is 0.794. The van der Waals surface area contributed by atoms with Crippen LogP contribution in [0.1, 0.15) is 48.8 Å². The molecular formula is C19H20N2O2. The summed E-state index contributed by atoms with van der Waals surface area (Å²) in [6.45, 7) is 6.10. The van der Waals surface area contributed by atoms with Crippen molar-refractivity contribution in [1.82, 2.24) is 4.57 Å². The van der Waals surface area contributed by atoms with Crippen molar-refractivity contribution in [2.75, 3.05) is 7.11 Å². The van der Waals surface area contributed by atoms with Crippen LogP contribution in [0, 0.1) is 11.3 Å². The van der Waals surface area contributed by atoms with Crippen molar-refractivity contribution in [3.05, 3.63) is 53.3 Å². The monoisotopic (exact) mass is 308 g/mol. The summed E-state index contributed by atoms with van der Waals surface area (Å²) >= 11 is 0. The summed E-state index contributed by atoms with van der Waals surface area (Å²) < 4.78 is 6.89. The highest BCUT2D eigenvalue weighted by Gasteiger charge is 2.49. The Labute approximate surface area is 136 Å². The summed E-state index contributed by atoms with van der Waals surface area (Å²) in [5.74, 6) is -0.370. The summed E-state index contributed by atoms with van der Waals surface area (Å²) in [5, 5.41) is 9.70. The number of carbonyl (C=O) groups excluding carboxylic acids is 1. The van der Waals surface area contributed by atoms with Gasteiger partial charge in [0.15, 0.2) is 0 Å². The molecule has 1 aromatic carbocycles. The van der Waals surface area contributed by atoms with Gasteiger partial charge in [0.2, 0.25) is 0 Å². The van der Waals surface area contributed by atoms with Crippen molar-refractivity contribution in [2.45, 2.75) is 38.0 Å². The molecule has 4 nitrogen and oxygen atoms in total. The third-order valence-electron chi connectivity index (χ3n) is 4.73. The lowest BCUT2D eigenvalue weighted by Crippen LogP contribution is -2.23. The standard InChI is InChI=1S/C19H20N2O2/c1-18(2)11-19(3,12-20)14-10-21(13-8-6-5-7-9-13)16(15(14)18)17(22)23-4/h5-10H,11H2,1-4H3. The smallest absolute Gasteiger partial charge is 0.355 e. The molecule has 0 amide bonds. The van der Waals surface area contributed by atoms with Crippen molar-refractivity contribution < 1.29 is 9.53 Å². The van der Waals surface area contributed by atoms with Crippen molar-refractivity contribution in [1.29, 1.82) is 5.26 Å². The SMILES string of the molecule is COC(=O)c1c2c(cn1-c1ccccc1)C(C)(C#N)CC2(C)C. The molecule has 23 heavy (non-hydrogen) atoms. The third-order valence-corrected chi connectivity index (χ3v) is 4.73. The van der Waals surface area contributed by atoms with Crippen LogP contribution in [0.15, 0.2) is 36.5 Å². The molecule has 0 saturated carbocycles. The van der Waals surface area contributed by atoms with E-state index >= 15 is 0 Å². The van der Waals surface area contributed by atoms with E-state index in [0.29, 0.717) is 12.1 Å². The molecule has 3 rings (SSSR count). The summed E-state index contributed by atoms with van der Waals surface area (Å²) in [6, 6.07) is 12.1. The predicted molar refractivity (Wildman–Crippen MR) is 87.7 cm³/mol. The summed E-state index contributed by atoms with van der Waals surface area (Å²) in [7, 11) is 1.39. The number of esters is 1. The number of fused-ring (bicyclic) bond motifs is 1. The molecule has 1 aromatic heterocycles. The van der Waals surface area contributed by atoms with Gasteiger partial charge in [-0.05, 0) is 42.0 Å². The van der Waals surface area contributed by atoms with E-state index in [0.717, 1.165) is 16.8 Å². The third kappa shape index (κ3) is 2.16. The second kappa shape index (κ2) is 4.99. The first-order valence-corrected chi connectivity index (χ1v) is 7.65. The number of ether oxygens (including phenoxy) is 1. The zero-order chi connectivity index (χ0) is 16.8. The van der Waals surface area contributed by atoms with Gasteiger partial charge in [0, 0.05) is 11.9 Å². The number of hydrogen-bond acceptors (Lipinski definition) is 3. The van der Waals surface area contributed by atoms with Crippen LogP contribution in [0.5, 0.6) is 0 Å². The number of benzene rings is 1. The summed E-state index contributed by atoms with van der Waals surface area (Å²) in [4.78, 5) is 12.5. The van der Waals surface area contributed by atoms with E-state index < -0.39 is 5.41 Å². The minimum atomic E-state index is -0.596. The number of aromatic nitrogens is 1. The molecule has 0 N–H and O–H groups in total. The average Bonchev–Trinajstić information content (AvgIpc) is 3.04. The zero-order valence-electron chi connectivity index (χ0n) is 13.9. The van der Waals surface area contributed by atoms with Gasteiger partial charge in [-0.2, -0.15) is 5.26 Å². The Morgan fingerprint density at radius 2 is 1.91 bits per heavy atom. The summed E-state index contributed by atoms with van der Waals surface area (Å²) in [6.07, 6.45) is 2.62. The van der Waals surface area contributed by atoms with Crippen LogP contribution in [0.3, 0.4) is 0 Å². The first-order valence-electron chi connectivity index (χ1n) is 7.65. The molecule has 118 valence electrons. The van der Waals surface area contributed by atoms with Crippen molar-refractivity contribution in [2.24, 2.45) is 0 Å². The van der Waals surface area contributed by atoms with Crippen LogP contribution >= 0.6 is 0 Å². The molecule has 1 aliphatic carbocycles. The number of rotatable bonds is 2. The van der Waals surface area contributed by atoms with Gasteiger partial charge in [0.1, 0.15) is 5.69 Å². The number of methoxy groups -OCH3 is 1. The van der Waals surface area contributed by atoms with Crippen LogP contribution in [0.4, 0.5) is 0 Å². The van der Waals surface area contributed by atoms with E-state index in [-0.39, 0.29) is 11.4 Å². The van der Waals surface area contributed by atoms with Crippen LogP contribution in [-0.4, -0.2) is 17.6 Å². The van der Waals surface area contributed by atoms with E-state index in [1.807, 2.05) is 48.0 Å². The number of carbonyl (C=O) groups is 1. The Kier molecular flexibility index (Phi) is 3.33. The molecule has 0 saturated heterocycles. The highest BCUT2D eigenvalue weighted by atomic mass is 16.5. The van der Waals surface area contributed by atoms with Gasteiger partial charge in [-0.15, -0.1) is 0 Å². The van der Waals surface area contributed by atoms with Gasteiger partial charge in [-0.1, -0.05) is 32.0 Å². The molecular weight excluding hydrogens is 288 g/mol. The molecule has 1 atom stereocenters. The molecule has 0 radical (unpaired) electrons. The Bertz CT molecular complexity index is 812. The molecule has 2 aromatic rings. The largest absolute Gasteiger partial charge is 0.464 e. The number of nitrogens with zero attached hydrogens (tertiary/aromatic N) is 2. The summed E-state index contributed by atoms with van der Waals surface area (Å²) in [5.41, 5.74) is 2.41. The van der Waals surface area contributed by atoms with Crippen LogP contribution in [0.25, 0.3) is 5.69 Å². The van der Waals surface area contributed by atoms with E-state index in [9.17, 15) is 10.1 Å². The second-order valence-corrected chi connectivity index (χ2v) is 6.97. The zero-order valence-corrected chi connectivity index (χ0v) is 13.9. The highest BCUT2D eigenvalue weighted by molar-refractivity contribution is 5.92. The maximum absolute atomic E-state index is 12.5. The highest BCUT2D eigenvalue weighted by Crippen LogP contribution is 2.51. The van der Waals surface area contributed by atoms with E-state index in [2.05, 4.69) is 19.9 Å². The molecule has 0 spiro atoms. The van der Waals surface area contributed by atoms with Gasteiger partial charge >= 0.3 is 5.97 Å². The van der Waals surface area contributed by atoms with E-state index in [1.165, 1.54) is 7.11 Å². The fourth-order valence-electron chi connectivity index (χ4n) is 3.87. The van der Waals surface area contributed by atoms with Gasteiger partial charge in [0.25, 0.3) is 0 Å². The van der Waals surface area contributed by atoms with E-state index in [1.54, 1.807) is 0 Å². The van der Waals surface area contributed by atoms with Gasteiger partial charge in [0.05, 0.1) is 18.6 Å². The lowest BCUT2D eigenvalue weighted by molar-refractivity contribution is 0.0588. The number of hydrogen-bond donors (Lipinski definition) is 0. The van der Waals surface area contributed by atoms with Gasteiger partial charge < -0.3 is 9.30 Å². The van der Waals surface area contributed by atoms with Gasteiger partial charge in [-0.3, -0.25) is 0 Å². The molecule has 0 fully saturated rings. The second-order valence-electron chi connectivity index (χ2n) is 6.97. The lowest BCUT2D eigenvalue weighted by Gasteiger charge is -2.23. The molecule has 1 aliphatic rings. The first kappa shape index (κ1) is 15.4. The number of para-hydroxylation sites is 1. The Morgan fingerprint density at radius 3 is 2.48 bits per heavy atom. The van der Waals surface area contributed by atoms with Crippen molar-refractivity contribution in [3.8, 4) is 11.8 Å². The van der Waals surface area contributed by atoms with Gasteiger partial charge in [-0.25, -0.2) is 4.79 Å². The van der Waals surface area contributed by atoms with Crippen LogP contribution < -0.4 is 0 Å². The molecule has 4 heteroatoms.